The highest BCUT2D eigenvalue weighted by molar-refractivity contribution is 6.33. The Balaban J connectivity index is 1.95. The number of amides is 2. The van der Waals surface area contributed by atoms with Gasteiger partial charge in [-0.15, -0.1) is 0 Å². The molecule has 1 unspecified atom stereocenters. The minimum atomic E-state index is -0.483. The van der Waals surface area contributed by atoms with E-state index in [2.05, 4.69) is 10.3 Å². The Hall–Kier alpha value is -3.06. The summed E-state index contributed by atoms with van der Waals surface area (Å²) in [4.78, 5) is 29.4. The molecule has 6 nitrogen and oxygen atoms in total. The number of fused-ring (bicyclic) bond motifs is 1. The van der Waals surface area contributed by atoms with Gasteiger partial charge in [-0.3, -0.25) is 4.79 Å². The number of carbonyl (C=O) groups is 1. The molecule has 0 fully saturated rings. The zero-order chi connectivity index (χ0) is 21.1. The molecule has 0 spiro atoms. The minimum absolute atomic E-state index is 0.114. The molecule has 3 rings (SSSR count). The predicted molar refractivity (Wildman–Crippen MR) is 112 cm³/mol. The molecule has 0 saturated carbocycles. The van der Waals surface area contributed by atoms with Gasteiger partial charge in [0.1, 0.15) is 11.6 Å². The Bertz CT molecular complexity index is 1120. The van der Waals surface area contributed by atoms with Crippen molar-refractivity contribution in [3.8, 4) is 5.75 Å². The molecule has 3 aromatic rings. The Labute approximate surface area is 172 Å². The standard InChI is InChI=1S/C21H21ClFN3O3/c1-4-26(21(28)25-19-8-5-13(23)9-18(19)22)12(2)17-11-24-20(27)16-10-14(29-3)6-7-15(16)17/h5-12H,4H2,1-3H3,(H,24,27)(H,25,28). The molecule has 0 aliphatic carbocycles. The van der Waals surface area contributed by atoms with Crippen molar-refractivity contribution in [3.05, 3.63) is 69.4 Å². The number of pyridine rings is 1. The van der Waals surface area contributed by atoms with Crippen molar-refractivity contribution in [2.45, 2.75) is 19.9 Å². The molecule has 29 heavy (non-hydrogen) atoms. The van der Waals surface area contributed by atoms with Crippen LogP contribution in [-0.2, 0) is 0 Å². The summed E-state index contributed by atoms with van der Waals surface area (Å²) in [5.74, 6) is 0.0905. The molecule has 0 radical (unpaired) electrons. The summed E-state index contributed by atoms with van der Waals surface area (Å²) in [7, 11) is 1.53. The van der Waals surface area contributed by atoms with Crippen LogP contribution in [0.1, 0.15) is 25.5 Å². The van der Waals surface area contributed by atoms with Crippen LogP contribution in [0.5, 0.6) is 5.75 Å². The van der Waals surface area contributed by atoms with E-state index in [0.717, 1.165) is 17.0 Å². The van der Waals surface area contributed by atoms with E-state index in [1.54, 1.807) is 29.3 Å². The van der Waals surface area contributed by atoms with Crippen LogP contribution in [0.3, 0.4) is 0 Å². The Morgan fingerprint density at radius 1 is 1.28 bits per heavy atom. The van der Waals surface area contributed by atoms with Crippen molar-refractivity contribution >= 4 is 34.1 Å². The minimum Gasteiger partial charge on any atom is -0.497 e. The van der Waals surface area contributed by atoms with Gasteiger partial charge in [0.2, 0.25) is 0 Å². The number of H-pyrrole nitrogens is 1. The number of methoxy groups -OCH3 is 1. The van der Waals surface area contributed by atoms with E-state index in [9.17, 15) is 14.0 Å². The van der Waals surface area contributed by atoms with Gasteiger partial charge in [0.15, 0.2) is 0 Å². The number of anilines is 1. The van der Waals surface area contributed by atoms with Crippen LogP contribution in [0, 0.1) is 5.82 Å². The van der Waals surface area contributed by atoms with Crippen molar-refractivity contribution in [1.29, 1.82) is 0 Å². The van der Waals surface area contributed by atoms with Crippen LogP contribution in [0.25, 0.3) is 10.8 Å². The topological polar surface area (TPSA) is 74.4 Å². The van der Waals surface area contributed by atoms with Gasteiger partial charge in [-0.25, -0.2) is 9.18 Å². The van der Waals surface area contributed by atoms with Crippen molar-refractivity contribution in [1.82, 2.24) is 9.88 Å². The molecule has 1 heterocycles. The zero-order valence-electron chi connectivity index (χ0n) is 16.3. The number of carbonyl (C=O) groups excluding carboxylic acids is 1. The fraction of sp³-hybridized carbons (Fsp3) is 0.238. The summed E-state index contributed by atoms with van der Waals surface area (Å²) in [6.45, 7) is 4.12. The second-order valence-electron chi connectivity index (χ2n) is 6.50. The van der Waals surface area contributed by atoms with Crippen molar-refractivity contribution < 1.29 is 13.9 Å². The number of rotatable bonds is 5. The number of nitrogens with one attached hydrogen (secondary N) is 2. The molecule has 2 amide bonds. The summed E-state index contributed by atoms with van der Waals surface area (Å²) >= 11 is 6.02. The fourth-order valence-corrected chi connectivity index (χ4v) is 3.49. The number of benzene rings is 2. The Morgan fingerprint density at radius 3 is 2.69 bits per heavy atom. The highest BCUT2D eigenvalue weighted by Gasteiger charge is 2.23. The monoisotopic (exact) mass is 417 g/mol. The van der Waals surface area contributed by atoms with Gasteiger partial charge in [-0.2, -0.15) is 0 Å². The van der Waals surface area contributed by atoms with E-state index in [1.807, 2.05) is 13.8 Å². The van der Waals surface area contributed by atoms with Gasteiger partial charge in [0.25, 0.3) is 5.56 Å². The predicted octanol–water partition coefficient (Wildman–Crippen LogP) is 4.94. The van der Waals surface area contributed by atoms with Crippen molar-refractivity contribution in [3.63, 3.8) is 0 Å². The maximum Gasteiger partial charge on any atom is 0.322 e. The summed E-state index contributed by atoms with van der Waals surface area (Å²) < 4.78 is 18.5. The molecule has 0 aliphatic heterocycles. The average Bonchev–Trinajstić information content (AvgIpc) is 2.70. The maximum atomic E-state index is 13.2. The first-order valence-electron chi connectivity index (χ1n) is 9.07. The smallest absolute Gasteiger partial charge is 0.322 e. The normalized spacial score (nSPS) is 11.9. The lowest BCUT2D eigenvalue weighted by atomic mass is 10.0. The molecule has 0 bridgehead atoms. The van der Waals surface area contributed by atoms with Gasteiger partial charge >= 0.3 is 6.03 Å². The number of aromatic amines is 1. The van der Waals surface area contributed by atoms with Crippen molar-refractivity contribution in [2.75, 3.05) is 19.0 Å². The number of nitrogens with zero attached hydrogens (tertiary/aromatic N) is 1. The Morgan fingerprint density at radius 2 is 2.03 bits per heavy atom. The third kappa shape index (κ3) is 4.19. The Kier molecular flexibility index (Phi) is 6.08. The van der Waals surface area contributed by atoms with E-state index in [-0.39, 0.29) is 22.7 Å². The van der Waals surface area contributed by atoms with Gasteiger partial charge in [0, 0.05) is 12.7 Å². The molecule has 1 aromatic heterocycles. The third-order valence-corrected chi connectivity index (χ3v) is 5.15. The number of hydrogen-bond donors (Lipinski definition) is 2. The lowest BCUT2D eigenvalue weighted by molar-refractivity contribution is 0.197. The molecular weight excluding hydrogens is 397 g/mol. The molecular formula is C21H21ClFN3O3. The van der Waals surface area contributed by atoms with Crippen molar-refractivity contribution in [2.24, 2.45) is 0 Å². The molecule has 0 saturated heterocycles. The first-order chi connectivity index (χ1) is 13.8. The SMILES string of the molecule is CCN(C(=O)Nc1ccc(F)cc1Cl)C(C)c1c[nH]c(=O)c2cc(OC)ccc12. The summed E-state index contributed by atoms with van der Waals surface area (Å²) in [5.41, 5.74) is 0.865. The molecule has 0 aliphatic rings. The van der Waals surface area contributed by atoms with Gasteiger partial charge in [0.05, 0.1) is 29.2 Å². The largest absolute Gasteiger partial charge is 0.497 e. The van der Waals surface area contributed by atoms with Crippen LogP contribution in [0.4, 0.5) is 14.9 Å². The number of ether oxygens (including phenoxy) is 1. The van der Waals surface area contributed by atoms with Crippen LogP contribution >= 0.6 is 11.6 Å². The fourth-order valence-electron chi connectivity index (χ4n) is 3.27. The number of halogens is 2. The maximum absolute atomic E-state index is 13.2. The highest BCUT2D eigenvalue weighted by atomic mass is 35.5. The van der Waals surface area contributed by atoms with Crippen LogP contribution < -0.4 is 15.6 Å². The number of hydrogen-bond acceptors (Lipinski definition) is 3. The number of aromatic nitrogens is 1. The van der Waals surface area contributed by atoms with Crippen LogP contribution in [0.2, 0.25) is 5.02 Å². The molecule has 2 aromatic carbocycles. The van der Waals surface area contributed by atoms with E-state index >= 15 is 0 Å². The van der Waals surface area contributed by atoms with Gasteiger partial charge < -0.3 is 19.9 Å². The average molecular weight is 418 g/mol. The van der Waals surface area contributed by atoms with E-state index in [1.165, 1.54) is 19.2 Å². The van der Waals surface area contributed by atoms with Crippen LogP contribution in [-0.4, -0.2) is 29.6 Å². The second kappa shape index (κ2) is 8.53. The highest BCUT2D eigenvalue weighted by Crippen LogP contribution is 2.29. The molecule has 8 heteroatoms. The quantitative estimate of drug-likeness (QED) is 0.617. The van der Waals surface area contributed by atoms with E-state index in [0.29, 0.717) is 23.4 Å². The van der Waals surface area contributed by atoms with E-state index in [4.69, 9.17) is 16.3 Å². The number of urea groups is 1. The lowest BCUT2D eigenvalue weighted by Gasteiger charge is -2.29. The summed E-state index contributed by atoms with van der Waals surface area (Å²) in [5, 5.41) is 4.04. The zero-order valence-corrected chi connectivity index (χ0v) is 17.0. The molecule has 2 N–H and O–H groups in total. The summed E-state index contributed by atoms with van der Waals surface area (Å²) in [6.07, 6.45) is 1.61. The molecule has 1 atom stereocenters. The lowest BCUT2D eigenvalue weighted by Crippen LogP contribution is -2.37. The van der Waals surface area contributed by atoms with Gasteiger partial charge in [-0.05, 0) is 55.1 Å². The van der Waals surface area contributed by atoms with E-state index < -0.39 is 5.82 Å². The first-order valence-corrected chi connectivity index (χ1v) is 9.45. The second-order valence-corrected chi connectivity index (χ2v) is 6.91. The molecule has 152 valence electrons. The van der Waals surface area contributed by atoms with Gasteiger partial charge in [-0.1, -0.05) is 17.7 Å². The first kappa shape index (κ1) is 20.7. The van der Waals surface area contributed by atoms with Crippen LogP contribution in [0.15, 0.2) is 47.4 Å². The summed E-state index contributed by atoms with van der Waals surface area (Å²) in [6, 6.07) is 8.27. The third-order valence-electron chi connectivity index (χ3n) is 4.83.